The normalized spacial score (nSPS) is 12.8. The number of nitrogens with zero attached hydrogens (tertiary/aromatic N) is 2. The van der Waals surface area contributed by atoms with Crippen LogP contribution in [0.25, 0.3) is 16.9 Å². The molecule has 0 bridgehead atoms. The Labute approximate surface area is 287 Å². The van der Waals surface area contributed by atoms with Gasteiger partial charge >= 0.3 is 28.8 Å². The molecular formula is C42H66N2Pd. The van der Waals surface area contributed by atoms with Crippen molar-refractivity contribution in [1.29, 1.82) is 0 Å². The molecule has 0 unspecified atom stereocenters. The van der Waals surface area contributed by atoms with Crippen LogP contribution >= 0.6 is 0 Å². The summed E-state index contributed by atoms with van der Waals surface area (Å²) in [6.45, 7) is 13.7. The van der Waals surface area contributed by atoms with Gasteiger partial charge in [0.25, 0.3) is 0 Å². The van der Waals surface area contributed by atoms with E-state index in [-0.39, 0.29) is 0 Å². The maximum absolute atomic E-state index is 11.7. The average Bonchev–Trinajstić information content (AvgIpc) is 3.43. The van der Waals surface area contributed by atoms with Crippen LogP contribution in [0.2, 0.25) is 10.8 Å². The first-order chi connectivity index (χ1) is 21.9. The van der Waals surface area contributed by atoms with Gasteiger partial charge in [-0.05, 0) is 135 Å². The van der Waals surface area contributed by atoms with Gasteiger partial charge in [0.1, 0.15) is 0 Å². The molecule has 45 heavy (non-hydrogen) atoms. The molecule has 1 aliphatic heterocycles. The van der Waals surface area contributed by atoms with Crippen LogP contribution in [0.1, 0.15) is 163 Å². The molecule has 0 amide bonds. The zero-order chi connectivity index (χ0) is 33.0. The van der Waals surface area contributed by atoms with E-state index in [0.29, 0.717) is 0 Å². The molecule has 254 valence electrons. The predicted octanol–water partition coefficient (Wildman–Crippen LogP) is 13.3. The third kappa shape index (κ3) is 12.0. The van der Waals surface area contributed by atoms with Gasteiger partial charge < -0.3 is 5.53 Å². The fraction of sp³-hybridized carbons (Fsp3) is 0.619. The van der Waals surface area contributed by atoms with Gasteiger partial charge in [-0.25, -0.2) is 4.70 Å². The van der Waals surface area contributed by atoms with Crippen LogP contribution in [-0.2, 0) is 56.5 Å². The van der Waals surface area contributed by atoms with Crippen LogP contribution in [-0.4, -0.2) is 4.70 Å². The molecule has 3 rings (SSSR count). The van der Waals surface area contributed by atoms with Crippen LogP contribution < -0.4 is 0 Å². The minimum absolute atomic E-state index is 0.919. The summed E-state index contributed by atoms with van der Waals surface area (Å²) in [7, 11) is 0. The molecule has 0 aliphatic carbocycles. The van der Waals surface area contributed by atoms with Crippen LogP contribution in [0.4, 0.5) is 0 Å². The summed E-state index contributed by atoms with van der Waals surface area (Å²) in [6.07, 6.45) is 25.8. The summed E-state index contributed by atoms with van der Waals surface area (Å²) in [5, 5.41) is 4.35. The van der Waals surface area contributed by atoms with Crippen molar-refractivity contribution in [2.75, 3.05) is 0 Å². The van der Waals surface area contributed by atoms with Gasteiger partial charge in [-0.3, -0.25) is 0 Å². The van der Waals surface area contributed by atoms with E-state index < -0.39 is 0 Å². The first-order valence-electron chi connectivity index (χ1n) is 18.4. The average molecular weight is 705 g/mol. The third-order valence-electron chi connectivity index (χ3n) is 9.08. The summed E-state index contributed by atoms with van der Waals surface area (Å²) in [5.41, 5.74) is 25.1. The van der Waals surface area contributed by atoms with Gasteiger partial charge in [0.2, 0.25) is 11.4 Å². The molecule has 0 atom stereocenters. The number of unbranched alkanes of at least 4 members (excludes halogenated alkanes) is 6. The van der Waals surface area contributed by atoms with Crippen molar-refractivity contribution in [2.24, 2.45) is 0 Å². The van der Waals surface area contributed by atoms with Crippen molar-refractivity contribution in [1.82, 2.24) is 0 Å². The standard InChI is InChI=1S/C40H60N2.2CH3.Pd/c1-7-13-19-31-27-35(28-32(20-14-8-2)37(31)23-17-11-5)39-25-26-40(42(39)41)36-29-33(21-15-9-3)38(24-18-12-6)34(30-36)22-16-10-4;;;/h25-30H,7-24H2,1-6H3;2*1H3;. The molecule has 1 aliphatic rings. The second-order valence-corrected chi connectivity index (χ2v) is 14.5. The number of hydrogen-bond donors (Lipinski definition) is 0. The van der Waals surface area contributed by atoms with Crippen molar-refractivity contribution in [3.8, 4) is 0 Å². The number of benzene rings is 2. The van der Waals surface area contributed by atoms with E-state index in [0.717, 1.165) is 66.2 Å². The number of rotatable bonds is 20. The van der Waals surface area contributed by atoms with Crippen molar-refractivity contribution in [2.45, 2.75) is 168 Å². The fourth-order valence-electron chi connectivity index (χ4n) is 6.47. The van der Waals surface area contributed by atoms with Gasteiger partial charge in [0.15, 0.2) is 0 Å². The molecule has 0 fully saturated rings. The summed E-state index contributed by atoms with van der Waals surface area (Å²) in [4.78, 5) is 0. The van der Waals surface area contributed by atoms with Gasteiger partial charge in [-0.1, -0.05) is 80.1 Å². The summed E-state index contributed by atoms with van der Waals surface area (Å²) < 4.78 is 1.49. The quantitative estimate of drug-likeness (QED) is 0.0968. The Kier molecular flexibility index (Phi) is 19.8. The zero-order valence-electron chi connectivity index (χ0n) is 30.4. The Hall–Kier alpha value is -1.82. The number of allylic oxidation sites excluding steroid dienone is 2. The van der Waals surface area contributed by atoms with Crippen LogP contribution in [0.3, 0.4) is 0 Å². The van der Waals surface area contributed by atoms with Gasteiger partial charge in [-0.2, -0.15) is 0 Å². The molecule has 0 aromatic heterocycles. The van der Waals surface area contributed by atoms with E-state index in [9.17, 15) is 5.53 Å². The first-order valence-corrected chi connectivity index (χ1v) is 21.5. The summed E-state index contributed by atoms with van der Waals surface area (Å²) in [6, 6.07) is 9.59. The number of hydrogen-bond acceptors (Lipinski definition) is 0. The Morgan fingerprint density at radius 3 is 0.956 bits per heavy atom. The topological polar surface area (TPSA) is 25.3 Å². The van der Waals surface area contributed by atoms with E-state index in [1.165, 1.54) is 117 Å². The van der Waals surface area contributed by atoms with E-state index in [1.54, 1.807) is 11.1 Å². The molecule has 0 N–H and O–H groups in total. The molecule has 2 nitrogen and oxygen atoms in total. The predicted molar refractivity (Wildman–Crippen MR) is 196 cm³/mol. The van der Waals surface area contributed by atoms with E-state index in [2.05, 4.69) is 88.8 Å². The minimum atomic E-state index is 0.919. The molecule has 1 heterocycles. The number of aryl methyl sites for hydroxylation is 4. The third-order valence-corrected chi connectivity index (χ3v) is 9.08. The molecule has 2 aromatic carbocycles. The molecule has 2 aromatic rings. The van der Waals surface area contributed by atoms with Crippen molar-refractivity contribution in [3.05, 3.63) is 86.5 Å². The monoisotopic (exact) mass is 704 g/mol. The zero-order valence-corrected chi connectivity index (χ0v) is 32.0. The molecular weight excluding hydrogens is 639 g/mol. The first kappa shape index (κ1) is 39.4. The van der Waals surface area contributed by atoms with E-state index in [1.807, 2.05) is 0 Å². The van der Waals surface area contributed by atoms with Crippen LogP contribution in [0.5, 0.6) is 0 Å². The SMILES string of the molecule is CCCCc1cc(C2=CC=C(c3cc(CCCC)c(CCCC)c(CCCC)c3)[N+]2=[N-])cc(CCCC)c1CCCC.[CH3][Pd][CH3]. The summed E-state index contributed by atoms with van der Waals surface area (Å²) >= 11 is 0.950. The molecule has 0 saturated carbocycles. The van der Waals surface area contributed by atoms with Gasteiger partial charge in [0, 0.05) is 23.3 Å². The second kappa shape index (κ2) is 22.7. The molecule has 0 spiro atoms. The van der Waals surface area contributed by atoms with Crippen molar-refractivity contribution in [3.63, 3.8) is 0 Å². The molecule has 3 heteroatoms. The Bertz CT molecular complexity index is 1080. The van der Waals surface area contributed by atoms with Gasteiger partial charge in [0.05, 0.1) is 0 Å². The van der Waals surface area contributed by atoms with E-state index >= 15 is 0 Å². The maximum atomic E-state index is 11.7. The van der Waals surface area contributed by atoms with Crippen molar-refractivity contribution < 1.29 is 22.7 Å². The summed E-state index contributed by atoms with van der Waals surface area (Å²) in [5.74, 6) is 0. The van der Waals surface area contributed by atoms with Crippen LogP contribution in [0.15, 0.2) is 36.4 Å². The van der Waals surface area contributed by atoms with E-state index in [4.69, 9.17) is 0 Å². The Balaban J connectivity index is 0.00000226. The molecule has 0 saturated heterocycles. The Morgan fingerprint density at radius 2 is 0.711 bits per heavy atom. The molecule has 0 radical (unpaired) electrons. The van der Waals surface area contributed by atoms with Crippen molar-refractivity contribution >= 4 is 11.4 Å². The van der Waals surface area contributed by atoms with Crippen LogP contribution in [0, 0.1) is 0 Å². The second-order valence-electron chi connectivity index (χ2n) is 12.9. The fourth-order valence-corrected chi connectivity index (χ4v) is 6.47. The van der Waals surface area contributed by atoms with Gasteiger partial charge in [-0.15, -0.1) is 0 Å². The Morgan fingerprint density at radius 1 is 0.467 bits per heavy atom.